The SMILES string of the molecule is C=C(C)C(=O)OCCCCCC.CCCC. The van der Waals surface area contributed by atoms with Crippen molar-refractivity contribution in [2.75, 3.05) is 6.61 Å². The predicted molar refractivity (Wildman–Crippen MR) is 70.5 cm³/mol. The third kappa shape index (κ3) is 15.7. The van der Waals surface area contributed by atoms with Gasteiger partial charge in [0, 0.05) is 5.57 Å². The molecule has 0 saturated heterocycles. The highest BCUT2D eigenvalue weighted by Crippen LogP contribution is 2.00. The van der Waals surface area contributed by atoms with Crippen molar-refractivity contribution in [3.05, 3.63) is 12.2 Å². The average Bonchev–Trinajstić information content (AvgIpc) is 2.28. The molecule has 0 heterocycles. The van der Waals surface area contributed by atoms with Crippen molar-refractivity contribution in [1.82, 2.24) is 0 Å². The van der Waals surface area contributed by atoms with Crippen LogP contribution in [0.4, 0.5) is 0 Å². The van der Waals surface area contributed by atoms with E-state index in [1.165, 1.54) is 25.7 Å². The quantitative estimate of drug-likeness (QED) is 0.364. The van der Waals surface area contributed by atoms with Crippen molar-refractivity contribution < 1.29 is 9.53 Å². The van der Waals surface area contributed by atoms with Gasteiger partial charge in [0.2, 0.25) is 0 Å². The molecule has 0 aromatic heterocycles. The van der Waals surface area contributed by atoms with Gasteiger partial charge in [0.15, 0.2) is 0 Å². The number of rotatable bonds is 7. The van der Waals surface area contributed by atoms with Gasteiger partial charge in [-0.3, -0.25) is 0 Å². The second-order valence-corrected chi connectivity index (χ2v) is 3.98. The Morgan fingerprint density at radius 3 is 1.94 bits per heavy atom. The molecule has 0 N–H and O–H groups in total. The van der Waals surface area contributed by atoms with Gasteiger partial charge in [-0.2, -0.15) is 0 Å². The molecule has 0 fully saturated rings. The highest BCUT2D eigenvalue weighted by atomic mass is 16.5. The van der Waals surface area contributed by atoms with Crippen molar-refractivity contribution in [2.24, 2.45) is 0 Å². The van der Waals surface area contributed by atoms with E-state index >= 15 is 0 Å². The Balaban J connectivity index is 0. The first kappa shape index (κ1) is 17.6. The molecule has 16 heavy (non-hydrogen) atoms. The molecule has 0 aromatic rings. The van der Waals surface area contributed by atoms with Gasteiger partial charge in [0.25, 0.3) is 0 Å². The normalized spacial score (nSPS) is 9.00. The number of ether oxygens (including phenoxy) is 1. The number of hydrogen-bond donors (Lipinski definition) is 0. The molecule has 2 heteroatoms. The Bertz CT molecular complexity index is 172. The summed E-state index contributed by atoms with van der Waals surface area (Å²) in [5.41, 5.74) is 0.477. The molecule has 0 saturated carbocycles. The van der Waals surface area contributed by atoms with Gasteiger partial charge in [0.05, 0.1) is 6.61 Å². The highest BCUT2D eigenvalue weighted by molar-refractivity contribution is 5.86. The first-order valence-electron chi connectivity index (χ1n) is 6.42. The van der Waals surface area contributed by atoms with E-state index in [0.717, 1.165) is 12.8 Å². The van der Waals surface area contributed by atoms with Crippen LogP contribution in [-0.4, -0.2) is 12.6 Å². The second kappa shape index (κ2) is 14.2. The first-order valence-corrected chi connectivity index (χ1v) is 6.42. The van der Waals surface area contributed by atoms with E-state index in [9.17, 15) is 4.79 Å². The largest absolute Gasteiger partial charge is 0.462 e. The fourth-order valence-corrected chi connectivity index (χ4v) is 0.817. The minimum atomic E-state index is -0.272. The van der Waals surface area contributed by atoms with Crippen LogP contribution in [0.5, 0.6) is 0 Å². The van der Waals surface area contributed by atoms with Gasteiger partial charge < -0.3 is 4.74 Å². The van der Waals surface area contributed by atoms with Crippen LogP contribution in [0.2, 0.25) is 0 Å². The molecule has 0 spiro atoms. The van der Waals surface area contributed by atoms with E-state index in [2.05, 4.69) is 27.4 Å². The summed E-state index contributed by atoms with van der Waals surface area (Å²) in [5.74, 6) is -0.272. The monoisotopic (exact) mass is 228 g/mol. The van der Waals surface area contributed by atoms with Gasteiger partial charge in [-0.15, -0.1) is 0 Å². The summed E-state index contributed by atoms with van der Waals surface area (Å²) in [5, 5.41) is 0. The maximum absolute atomic E-state index is 10.9. The fourth-order valence-electron chi connectivity index (χ4n) is 0.817. The predicted octanol–water partition coefficient (Wildman–Crippen LogP) is 4.49. The Morgan fingerprint density at radius 1 is 1.00 bits per heavy atom. The minimum Gasteiger partial charge on any atom is -0.462 e. The molecule has 2 nitrogen and oxygen atoms in total. The lowest BCUT2D eigenvalue weighted by Gasteiger charge is -2.02. The average molecular weight is 228 g/mol. The summed E-state index contributed by atoms with van der Waals surface area (Å²) in [6.45, 7) is 12.2. The zero-order chi connectivity index (χ0) is 12.8. The van der Waals surface area contributed by atoms with Crippen LogP contribution in [-0.2, 0) is 9.53 Å². The molecule has 0 radical (unpaired) electrons. The van der Waals surface area contributed by atoms with Crippen LogP contribution in [0, 0.1) is 0 Å². The maximum atomic E-state index is 10.9. The molecule has 0 aromatic carbocycles. The summed E-state index contributed by atoms with van der Waals surface area (Å²) >= 11 is 0. The van der Waals surface area contributed by atoms with Gasteiger partial charge in [0.1, 0.15) is 0 Å². The van der Waals surface area contributed by atoms with E-state index in [-0.39, 0.29) is 5.97 Å². The summed E-state index contributed by atoms with van der Waals surface area (Å²) in [7, 11) is 0. The zero-order valence-corrected chi connectivity index (χ0v) is 11.5. The fraction of sp³-hybridized carbons (Fsp3) is 0.786. The number of unbranched alkanes of at least 4 members (excludes halogenated alkanes) is 4. The molecule has 0 bridgehead atoms. The first-order chi connectivity index (χ1) is 7.59. The summed E-state index contributed by atoms with van der Waals surface area (Å²) < 4.78 is 4.91. The summed E-state index contributed by atoms with van der Waals surface area (Å²) in [6, 6.07) is 0. The van der Waals surface area contributed by atoms with Gasteiger partial charge >= 0.3 is 5.97 Å². The highest BCUT2D eigenvalue weighted by Gasteiger charge is 2.00. The van der Waals surface area contributed by atoms with E-state index in [1.54, 1.807) is 6.92 Å². The van der Waals surface area contributed by atoms with E-state index in [1.807, 2.05) is 0 Å². The van der Waals surface area contributed by atoms with Crippen molar-refractivity contribution in [1.29, 1.82) is 0 Å². The molecular formula is C14H28O2. The molecule has 0 aliphatic rings. The van der Waals surface area contributed by atoms with Crippen molar-refractivity contribution >= 4 is 5.97 Å². The van der Waals surface area contributed by atoms with Crippen LogP contribution >= 0.6 is 0 Å². The summed E-state index contributed by atoms with van der Waals surface area (Å²) in [6.07, 6.45) is 7.16. The molecule has 0 amide bonds. The zero-order valence-electron chi connectivity index (χ0n) is 11.5. The Hall–Kier alpha value is -0.790. The van der Waals surface area contributed by atoms with Gasteiger partial charge in [-0.25, -0.2) is 4.79 Å². The number of hydrogen-bond acceptors (Lipinski definition) is 2. The lowest BCUT2D eigenvalue weighted by atomic mass is 10.2. The topological polar surface area (TPSA) is 26.3 Å². The van der Waals surface area contributed by atoms with Crippen molar-refractivity contribution in [2.45, 2.75) is 66.2 Å². The van der Waals surface area contributed by atoms with Gasteiger partial charge in [-0.1, -0.05) is 59.5 Å². The smallest absolute Gasteiger partial charge is 0.333 e. The lowest BCUT2D eigenvalue weighted by Crippen LogP contribution is -2.05. The van der Waals surface area contributed by atoms with E-state index < -0.39 is 0 Å². The van der Waals surface area contributed by atoms with E-state index in [4.69, 9.17) is 4.74 Å². The minimum absolute atomic E-state index is 0.272. The molecule has 0 aliphatic heterocycles. The van der Waals surface area contributed by atoms with Crippen LogP contribution in [0.3, 0.4) is 0 Å². The molecular weight excluding hydrogens is 200 g/mol. The van der Waals surface area contributed by atoms with E-state index in [0.29, 0.717) is 12.2 Å². The maximum Gasteiger partial charge on any atom is 0.333 e. The second-order valence-electron chi connectivity index (χ2n) is 3.98. The molecule has 0 atom stereocenters. The van der Waals surface area contributed by atoms with Crippen molar-refractivity contribution in [3.8, 4) is 0 Å². The van der Waals surface area contributed by atoms with Crippen LogP contribution in [0.15, 0.2) is 12.2 Å². The third-order valence-electron chi connectivity index (χ3n) is 2.08. The van der Waals surface area contributed by atoms with Crippen LogP contribution < -0.4 is 0 Å². The molecule has 96 valence electrons. The van der Waals surface area contributed by atoms with Gasteiger partial charge in [-0.05, 0) is 13.3 Å². The van der Waals surface area contributed by atoms with Crippen LogP contribution in [0.25, 0.3) is 0 Å². The lowest BCUT2D eigenvalue weighted by molar-refractivity contribution is -0.139. The third-order valence-corrected chi connectivity index (χ3v) is 2.08. The standard InChI is InChI=1S/C10H18O2.C4H10/c1-4-5-6-7-8-12-10(11)9(2)3;1-3-4-2/h2,4-8H2,1,3H3;3-4H2,1-2H3. The summed E-state index contributed by atoms with van der Waals surface area (Å²) in [4.78, 5) is 10.9. The Morgan fingerprint density at radius 2 is 1.56 bits per heavy atom. The van der Waals surface area contributed by atoms with Crippen LogP contribution in [0.1, 0.15) is 66.2 Å². The van der Waals surface area contributed by atoms with Crippen molar-refractivity contribution in [3.63, 3.8) is 0 Å². The Kier molecular flexibility index (Phi) is 15.6. The number of carbonyl (C=O) groups is 1. The molecule has 0 unspecified atom stereocenters. The number of esters is 1. The molecule has 0 rings (SSSR count). The number of carbonyl (C=O) groups excluding carboxylic acids is 1. The Labute approximate surface area is 101 Å². The molecule has 0 aliphatic carbocycles.